The molecule has 1 aromatic heterocycles. The molecular formula is C7H5Cl2N3. The molecule has 2 rings (SSSR count). The monoisotopic (exact) mass is 201 g/mol. The van der Waals surface area contributed by atoms with E-state index < -0.39 is 0 Å². The molecule has 1 aliphatic rings. The van der Waals surface area contributed by atoms with Crippen LogP contribution in [0.25, 0.3) is 0 Å². The van der Waals surface area contributed by atoms with Crippen LogP contribution in [-0.4, -0.2) is 17.9 Å². The van der Waals surface area contributed by atoms with Crippen molar-refractivity contribution in [1.29, 1.82) is 0 Å². The van der Waals surface area contributed by atoms with Crippen molar-refractivity contribution in [3.05, 3.63) is 23.0 Å². The highest BCUT2D eigenvalue weighted by Crippen LogP contribution is 2.24. The Kier molecular flexibility index (Phi) is 1.90. The van der Waals surface area contributed by atoms with Gasteiger partial charge in [-0.05, 0) is 6.07 Å². The predicted octanol–water partition coefficient (Wildman–Crippen LogP) is 2.09. The summed E-state index contributed by atoms with van der Waals surface area (Å²) in [5.74, 6) is 0. The first-order valence-corrected chi connectivity index (χ1v) is 4.07. The minimum absolute atomic E-state index is 0.451. The van der Waals surface area contributed by atoms with Crippen LogP contribution in [0.2, 0.25) is 5.15 Å². The van der Waals surface area contributed by atoms with Gasteiger partial charge in [0.2, 0.25) is 0 Å². The Morgan fingerprint density at radius 1 is 1.50 bits per heavy atom. The highest BCUT2D eigenvalue weighted by atomic mass is 35.5. The number of rotatable bonds is 0. The van der Waals surface area contributed by atoms with E-state index in [1.807, 2.05) is 0 Å². The molecule has 1 aromatic rings. The number of halogens is 2. The Labute approximate surface area is 79.7 Å². The molecule has 0 unspecified atom stereocenters. The number of nitrogens with zero attached hydrogens (tertiary/aromatic N) is 3. The van der Waals surface area contributed by atoms with E-state index in [9.17, 15) is 0 Å². The Morgan fingerprint density at radius 2 is 2.33 bits per heavy atom. The number of fused-ring (bicyclic) bond motifs is 1. The van der Waals surface area contributed by atoms with Crippen LogP contribution in [-0.2, 0) is 0 Å². The second kappa shape index (κ2) is 2.92. The van der Waals surface area contributed by atoms with Gasteiger partial charge in [0.25, 0.3) is 0 Å². The van der Waals surface area contributed by atoms with E-state index in [1.54, 1.807) is 18.5 Å². The Morgan fingerprint density at radius 3 is 3.17 bits per heavy atom. The van der Waals surface area contributed by atoms with Crippen LogP contribution in [0.3, 0.4) is 0 Å². The van der Waals surface area contributed by atoms with Gasteiger partial charge >= 0.3 is 0 Å². The molecule has 0 aliphatic carbocycles. The van der Waals surface area contributed by atoms with Crippen LogP contribution in [0.15, 0.2) is 17.3 Å². The minimum Gasteiger partial charge on any atom is -0.270 e. The van der Waals surface area contributed by atoms with Gasteiger partial charge in [-0.3, -0.25) is 9.41 Å². The van der Waals surface area contributed by atoms with Gasteiger partial charge in [0.1, 0.15) is 11.8 Å². The van der Waals surface area contributed by atoms with Crippen LogP contribution in [0.5, 0.6) is 0 Å². The summed E-state index contributed by atoms with van der Waals surface area (Å²) in [6.07, 6.45) is 3.37. The lowest BCUT2D eigenvalue weighted by Gasteiger charge is -2.18. The molecule has 0 bridgehead atoms. The Hall–Kier alpha value is -0.800. The van der Waals surface area contributed by atoms with Crippen LogP contribution < -0.4 is 4.42 Å². The second-order valence-electron chi connectivity index (χ2n) is 2.38. The number of aliphatic imine (C=N–C) groups is 1. The van der Waals surface area contributed by atoms with Crippen molar-refractivity contribution in [2.75, 3.05) is 11.1 Å². The number of anilines is 1. The lowest BCUT2D eigenvalue weighted by Crippen LogP contribution is -2.16. The third kappa shape index (κ3) is 1.26. The predicted molar refractivity (Wildman–Crippen MR) is 50.0 cm³/mol. The summed E-state index contributed by atoms with van der Waals surface area (Å²) in [4.78, 5) is 7.94. The SMILES string of the molecule is Clc1cc2c(cn1)N(Cl)CN=C2. The Bertz CT molecular complexity index is 337. The van der Waals surface area contributed by atoms with Crippen LogP contribution in [0, 0.1) is 0 Å². The molecular weight excluding hydrogens is 197 g/mol. The van der Waals surface area contributed by atoms with E-state index in [1.165, 1.54) is 4.42 Å². The van der Waals surface area contributed by atoms with E-state index >= 15 is 0 Å². The van der Waals surface area contributed by atoms with Gasteiger partial charge in [0.15, 0.2) is 0 Å². The molecule has 12 heavy (non-hydrogen) atoms. The van der Waals surface area contributed by atoms with Crippen LogP contribution in [0.4, 0.5) is 5.69 Å². The van der Waals surface area contributed by atoms with Gasteiger partial charge in [-0.2, -0.15) is 0 Å². The van der Waals surface area contributed by atoms with Gasteiger partial charge in [-0.1, -0.05) is 11.6 Å². The molecule has 0 atom stereocenters. The molecule has 0 saturated carbocycles. The quantitative estimate of drug-likeness (QED) is 0.476. The third-order valence-corrected chi connectivity index (χ3v) is 2.07. The summed E-state index contributed by atoms with van der Waals surface area (Å²) in [5, 5.41) is 0.451. The average molecular weight is 202 g/mol. The maximum Gasteiger partial charge on any atom is 0.129 e. The maximum absolute atomic E-state index is 5.84. The highest BCUT2D eigenvalue weighted by Gasteiger charge is 2.12. The lowest BCUT2D eigenvalue weighted by atomic mass is 10.2. The van der Waals surface area contributed by atoms with Gasteiger partial charge in [0.05, 0.1) is 11.9 Å². The summed E-state index contributed by atoms with van der Waals surface area (Å²) in [6, 6.07) is 1.73. The second-order valence-corrected chi connectivity index (χ2v) is 3.18. The molecule has 0 N–H and O–H groups in total. The third-order valence-electron chi connectivity index (χ3n) is 1.58. The minimum atomic E-state index is 0.451. The summed E-state index contributed by atoms with van der Waals surface area (Å²) >= 11 is 11.5. The molecule has 5 heteroatoms. The van der Waals surface area contributed by atoms with Gasteiger partial charge in [-0.25, -0.2) is 4.98 Å². The molecule has 0 fully saturated rings. The van der Waals surface area contributed by atoms with Crippen molar-refractivity contribution in [1.82, 2.24) is 4.98 Å². The van der Waals surface area contributed by atoms with Crippen molar-refractivity contribution in [3.8, 4) is 0 Å². The van der Waals surface area contributed by atoms with Crippen molar-refractivity contribution in [3.63, 3.8) is 0 Å². The summed E-state index contributed by atoms with van der Waals surface area (Å²) < 4.78 is 1.50. The molecule has 0 aromatic carbocycles. The smallest absolute Gasteiger partial charge is 0.129 e. The molecule has 62 valence electrons. The van der Waals surface area contributed by atoms with Crippen molar-refractivity contribution in [2.24, 2.45) is 4.99 Å². The van der Waals surface area contributed by atoms with E-state index in [2.05, 4.69) is 9.98 Å². The molecule has 1 aliphatic heterocycles. The van der Waals surface area contributed by atoms with E-state index in [0.717, 1.165) is 11.3 Å². The first-order chi connectivity index (χ1) is 5.77. The van der Waals surface area contributed by atoms with E-state index in [-0.39, 0.29) is 0 Å². The first-order valence-electron chi connectivity index (χ1n) is 3.36. The van der Waals surface area contributed by atoms with Crippen molar-refractivity contribution < 1.29 is 0 Å². The molecule has 3 nitrogen and oxygen atoms in total. The zero-order chi connectivity index (χ0) is 8.55. The fourth-order valence-electron chi connectivity index (χ4n) is 1.03. The molecule has 2 heterocycles. The highest BCUT2D eigenvalue weighted by molar-refractivity contribution is 6.30. The van der Waals surface area contributed by atoms with Crippen LogP contribution >= 0.6 is 23.4 Å². The van der Waals surface area contributed by atoms with Gasteiger partial charge < -0.3 is 0 Å². The normalized spacial score (nSPS) is 14.7. The molecule has 0 amide bonds. The van der Waals surface area contributed by atoms with E-state index in [4.69, 9.17) is 23.4 Å². The molecule has 0 saturated heterocycles. The summed E-state index contributed by atoms with van der Waals surface area (Å²) in [7, 11) is 0. The summed E-state index contributed by atoms with van der Waals surface area (Å²) in [5.41, 5.74) is 1.74. The standard InChI is InChI=1S/C7H5Cl2N3/c8-7-1-5-2-10-4-12(9)6(5)3-11-7/h1-3H,4H2. The number of hydrogen-bond acceptors (Lipinski definition) is 3. The number of pyridine rings is 1. The number of aromatic nitrogens is 1. The zero-order valence-electron chi connectivity index (χ0n) is 6.04. The fourth-order valence-corrected chi connectivity index (χ4v) is 1.40. The van der Waals surface area contributed by atoms with Crippen molar-refractivity contribution in [2.45, 2.75) is 0 Å². The zero-order valence-corrected chi connectivity index (χ0v) is 7.55. The lowest BCUT2D eigenvalue weighted by molar-refractivity contribution is 1.02. The van der Waals surface area contributed by atoms with Crippen molar-refractivity contribution >= 4 is 35.3 Å². The fraction of sp³-hybridized carbons (Fsp3) is 0.143. The molecule has 0 radical (unpaired) electrons. The largest absolute Gasteiger partial charge is 0.270 e. The summed E-state index contributed by atoms with van der Waals surface area (Å²) in [6.45, 7) is 0.456. The average Bonchev–Trinajstić information content (AvgIpc) is 2.04. The van der Waals surface area contributed by atoms with E-state index in [0.29, 0.717) is 11.8 Å². The Balaban J connectivity index is 2.55. The van der Waals surface area contributed by atoms with Gasteiger partial charge in [-0.15, -0.1) is 0 Å². The van der Waals surface area contributed by atoms with Gasteiger partial charge in [0, 0.05) is 23.6 Å². The van der Waals surface area contributed by atoms with Crippen LogP contribution in [0.1, 0.15) is 5.56 Å². The molecule has 0 spiro atoms. The topological polar surface area (TPSA) is 28.5 Å². The first kappa shape index (κ1) is 7.83. The maximum atomic E-state index is 5.84. The number of hydrogen-bond donors (Lipinski definition) is 0.